The summed E-state index contributed by atoms with van der Waals surface area (Å²) in [7, 11) is 3.54. The van der Waals surface area contributed by atoms with Crippen LogP contribution < -0.4 is 0 Å². The van der Waals surface area contributed by atoms with E-state index in [1.54, 1.807) is 28.8 Å². The third kappa shape index (κ3) is 3.77. The van der Waals surface area contributed by atoms with Gasteiger partial charge in [-0.2, -0.15) is 5.10 Å². The van der Waals surface area contributed by atoms with Gasteiger partial charge >= 0.3 is 5.97 Å². The monoisotopic (exact) mass is 315 g/mol. The fourth-order valence-corrected chi connectivity index (χ4v) is 2.42. The molecule has 0 aliphatic heterocycles. The molecular formula is C17H21N3O3. The number of amides is 1. The average Bonchev–Trinajstić information content (AvgIpc) is 2.89. The highest BCUT2D eigenvalue weighted by atomic mass is 16.4. The van der Waals surface area contributed by atoms with E-state index in [1.807, 2.05) is 13.1 Å². The maximum absolute atomic E-state index is 12.5. The van der Waals surface area contributed by atoms with Crippen LogP contribution in [-0.4, -0.2) is 38.7 Å². The average molecular weight is 315 g/mol. The number of hydrogen-bond acceptors (Lipinski definition) is 3. The molecule has 1 amide bonds. The summed E-state index contributed by atoms with van der Waals surface area (Å²) in [5, 5.41) is 13.2. The Labute approximate surface area is 135 Å². The molecule has 0 radical (unpaired) electrons. The number of carboxylic acid groups (broad SMARTS) is 1. The van der Waals surface area contributed by atoms with Gasteiger partial charge in [-0.05, 0) is 29.7 Å². The number of carboxylic acids is 1. The Morgan fingerprint density at radius 3 is 2.35 bits per heavy atom. The van der Waals surface area contributed by atoms with Crippen LogP contribution in [0.1, 0.15) is 51.9 Å². The second kappa shape index (κ2) is 6.64. The van der Waals surface area contributed by atoms with E-state index in [9.17, 15) is 9.59 Å². The van der Waals surface area contributed by atoms with Crippen molar-refractivity contribution < 1.29 is 14.7 Å². The summed E-state index contributed by atoms with van der Waals surface area (Å²) in [5.41, 5.74) is 2.52. The molecule has 0 spiro atoms. The molecule has 23 heavy (non-hydrogen) atoms. The summed E-state index contributed by atoms with van der Waals surface area (Å²) in [4.78, 5) is 24.9. The van der Waals surface area contributed by atoms with Crippen molar-refractivity contribution in [3.05, 3.63) is 52.8 Å². The fraction of sp³-hybridized carbons (Fsp3) is 0.353. The Hall–Kier alpha value is -2.63. The van der Waals surface area contributed by atoms with Crippen LogP contribution in [0.3, 0.4) is 0 Å². The number of aryl methyl sites for hydroxylation is 1. The number of aromatic nitrogens is 2. The number of carbonyl (C=O) groups excluding carboxylic acids is 1. The van der Waals surface area contributed by atoms with Crippen LogP contribution in [0.25, 0.3) is 0 Å². The molecule has 0 aliphatic carbocycles. The summed E-state index contributed by atoms with van der Waals surface area (Å²) in [5.74, 6) is -0.826. The van der Waals surface area contributed by atoms with E-state index in [0.717, 1.165) is 11.3 Å². The van der Waals surface area contributed by atoms with Crippen LogP contribution in [0.4, 0.5) is 0 Å². The van der Waals surface area contributed by atoms with E-state index < -0.39 is 5.97 Å². The summed E-state index contributed by atoms with van der Waals surface area (Å²) in [6, 6.07) is 8.31. The van der Waals surface area contributed by atoms with Crippen LogP contribution in [0, 0.1) is 0 Å². The quantitative estimate of drug-likeness (QED) is 0.920. The molecule has 0 saturated heterocycles. The van der Waals surface area contributed by atoms with Gasteiger partial charge < -0.3 is 10.0 Å². The number of nitrogens with zero attached hydrogens (tertiary/aromatic N) is 3. The van der Waals surface area contributed by atoms with E-state index in [2.05, 4.69) is 18.9 Å². The van der Waals surface area contributed by atoms with Gasteiger partial charge in [0.05, 0.1) is 5.56 Å². The Morgan fingerprint density at radius 1 is 1.26 bits per heavy atom. The van der Waals surface area contributed by atoms with Gasteiger partial charge in [-0.15, -0.1) is 0 Å². The molecule has 0 bridgehead atoms. The number of hydrogen-bond donors (Lipinski definition) is 1. The Bertz CT molecular complexity index is 717. The first kappa shape index (κ1) is 16.7. The molecule has 0 unspecified atom stereocenters. The zero-order valence-corrected chi connectivity index (χ0v) is 13.8. The van der Waals surface area contributed by atoms with Gasteiger partial charge in [0.15, 0.2) is 5.69 Å². The first-order valence-electron chi connectivity index (χ1n) is 7.41. The van der Waals surface area contributed by atoms with Crippen molar-refractivity contribution in [2.45, 2.75) is 26.3 Å². The molecule has 122 valence electrons. The van der Waals surface area contributed by atoms with Crippen molar-refractivity contribution in [2.24, 2.45) is 7.05 Å². The highest BCUT2D eigenvalue weighted by Gasteiger charge is 2.18. The van der Waals surface area contributed by atoms with Gasteiger partial charge in [0.2, 0.25) is 0 Å². The lowest BCUT2D eigenvalue weighted by Crippen LogP contribution is -2.26. The van der Waals surface area contributed by atoms with E-state index in [-0.39, 0.29) is 11.5 Å². The van der Waals surface area contributed by atoms with Crippen molar-refractivity contribution >= 4 is 11.9 Å². The first-order valence-corrected chi connectivity index (χ1v) is 7.41. The minimum Gasteiger partial charge on any atom is -0.478 e. The van der Waals surface area contributed by atoms with Gasteiger partial charge in [-0.25, -0.2) is 4.79 Å². The standard InChI is InChI=1S/C17H21N3O3/c1-11(2)15-9-14(18-20(15)4)16(21)19(3)10-12-5-7-13(8-6-12)17(22)23/h5-9,11H,10H2,1-4H3,(H,22,23). The minimum atomic E-state index is -0.962. The van der Waals surface area contributed by atoms with Crippen LogP contribution in [0.5, 0.6) is 0 Å². The summed E-state index contributed by atoms with van der Waals surface area (Å²) in [6.07, 6.45) is 0. The van der Waals surface area contributed by atoms with Gasteiger partial charge in [-0.1, -0.05) is 26.0 Å². The predicted molar refractivity (Wildman–Crippen MR) is 86.5 cm³/mol. The maximum Gasteiger partial charge on any atom is 0.335 e. The molecule has 0 saturated carbocycles. The van der Waals surface area contributed by atoms with Crippen molar-refractivity contribution in [1.82, 2.24) is 14.7 Å². The molecule has 1 heterocycles. The predicted octanol–water partition coefficient (Wildman–Crippen LogP) is 2.51. The fourth-order valence-electron chi connectivity index (χ4n) is 2.42. The van der Waals surface area contributed by atoms with E-state index in [4.69, 9.17) is 5.11 Å². The van der Waals surface area contributed by atoms with Gasteiger partial charge in [0, 0.05) is 26.3 Å². The zero-order chi connectivity index (χ0) is 17.1. The lowest BCUT2D eigenvalue weighted by molar-refractivity contribution is 0.0695. The van der Waals surface area contributed by atoms with Gasteiger partial charge in [-0.3, -0.25) is 9.48 Å². The normalized spacial score (nSPS) is 10.8. The molecule has 1 aromatic heterocycles. The zero-order valence-electron chi connectivity index (χ0n) is 13.8. The first-order chi connectivity index (χ1) is 10.8. The highest BCUT2D eigenvalue weighted by molar-refractivity contribution is 5.92. The lowest BCUT2D eigenvalue weighted by atomic mass is 10.1. The molecular weight excluding hydrogens is 294 g/mol. The molecule has 2 aromatic rings. The molecule has 6 heteroatoms. The van der Waals surface area contributed by atoms with Crippen LogP contribution in [0.2, 0.25) is 0 Å². The largest absolute Gasteiger partial charge is 0.478 e. The molecule has 2 rings (SSSR count). The van der Waals surface area contributed by atoms with E-state index >= 15 is 0 Å². The SMILES string of the molecule is CC(C)c1cc(C(=O)N(C)Cc2ccc(C(=O)O)cc2)nn1C. The van der Waals surface area contributed by atoms with Crippen LogP contribution in [-0.2, 0) is 13.6 Å². The van der Waals surface area contributed by atoms with Crippen molar-refractivity contribution in [3.8, 4) is 0 Å². The van der Waals surface area contributed by atoms with E-state index in [1.165, 1.54) is 12.1 Å². The number of rotatable bonds is 5. The summed E-state index contributed by atoms with van der Waals surface area (Å²) < 4.78 is 1.73. The Balaban J connectivity index is 2.10. The van der Waals surface area contributed by atoms with Crippen LogP contribution in [0.15, 0.2) is 30.3 Å². The van der Waals surface area contributed by atoms with Crippen molar-refractivity contribution in [3.63, 3.8) is 0 Å². The molecule has 1 N–H and O–H groups in total. The second-order valence-electron chi connectivity index (χ2n) is 5.90. The number of carbonyl (C=O) groups is 2. The van der Waals surface area contributed by atoms with Gasteiger partial charge in [0.25, 0.3) is 5.91 Å². The molecule has 1 aromatic carbocycles. The molecule has 0 atom stereocenters. The topological polar surface area (TPSA) is 75.4 Å². The second-order valence-corrected chi connectivity index (χ2v) is 5.90. The van der Waals surface area contributed by atoms with E-state index in [0.29, 0.717) is 18.2 Å². The minimum absolute atomic E-state index is 0.158. The molecule has 0 fully saturated rings. The lowest BCUT2D eigenvalue weighted by Gasteiger charge is -2.16. The summed E-state index contributed by atoms with van der Waals surface area (Å²) >= 11 is 0. The third-order valence-electron chi connectivity index (χ3n) is 3.69. The maximum atomic E-state index is 12.5. The van der Waals surface area contributed by atoms with Crippen molar-refractivity contribution in [1.29, 1.82) is 0 Å². The molecule has 0 aliphatic rings. The molecule has 6 nitrogen and oxygen atoms in total. The third-order valence-corrected chi connectivity index (χ3v) is 3.69. The highest BCUT2D eigenvalue weighted by Crippen LogP contribution is 2.16. The number of aromatic carboxylic acids is 1. The Kier molecular flexibility index (Phi) is 4.83. The summed E-state index contributed by atoms with van der Waals surface area (Å²) in [6.45, 7) is 4.50. The smallest absolute Gasteiger partial charge is 0.335 e. The van der Waals surface area contributed by atoms with Crippen molar-refractivity contribution in [2.75, 3.05) is 7.05 Å². The Morgan fingerprint density at radius 2 is 1.87 bits per heavy atom. The van der Waals surface area contributed by atoms with Gasteiger partial charge in [0.1, 0.15) is 0 Å². The van der Waals surface area contributed by atoms with Crippen LogP contribution >= 0.6 is 0 Å². The number of benzene rings is 1.